The molecule has 2 fully saturated rings. The Morgan fingerprint density at radius 2 is 2.04 bits per heavy atom. The zero-order chi connectivity index (χ0) is 17.6. The number of unbranched alkanes of at least 4 members (excludes halogenated alkanes) is 1. The lowest BCUT2D eigenvalue weighted by Gasteiger charge is -2.16. The maximum Gasteiger partial charge on any atom is 0.315 e. The van der Waals surface area contributed by atoms with Gasteiger partial charge in [-0.05, 0) is 37.0 Å². The summed E-state index contributed by atoms with van der Waals surface area (Å²) in [6.45, 7) is 0.131. The molecule has 25 heavy (non-hydrogen) atoms. The van der Waals surface area contributed by atoms with Gasteiger partial charge in [0.25, 0.3) is 0 Å². The number of carbonyl (C=O) groups excluding carboxylic acids is 2. The molecule has 3 rings (SSSR count). The molecule has 0 unspecified atom stereocenters. The molecular weight excluding hydrogens is 338 g/mol. The van der Waals surface area contributed by atoms with Crippen molar-refractivity contribution in [2.45, 2.75) is 49.4 Å². The monoisotopic (exact) mass is 363 g/mol. The highest BCUT2D eigenvalue weighted by molar-refractivity contribution is 8.00. The predicted octanol–water partition coefficient (Wildman–Crippen LogP) is 1.89. The van der Waals surface area contributed by atoms with Crippen molar-refractivity contribution in [1.82, 2.24) is 10.6 Å². The minimum atomic E-state index is -0.0512. The topological polar surface area (TPSA) is 90.5 Å². The van der Waals surface area contributed by atoms with Gasteiger partial charge in [-0.2, -0.15) is 11.8 Å². The largest absolute Gasteiger partial charge is 0.396 e. The van der Waals surface area contributed by atoms with Gasteiger partial charge in [0.05, 0.1) is 12.1 Å². The van der Waals surface area contributed by atoms with E-state index in [1.54, 1.807) is 0 Å². The van der Waals surface area contributed by atoms with E-state index in [4.69, 9.17) is 5.11 Å². The average Bonchev–Trinajstić information content (AvgIpc) is 3.13. The number of aliphatic hydroxyl groups excluding tert-OH is 1. The Morgan fingerprint density at radius 1 is 1.24 bits per heavy atom. The molecule has 0 bridgehead atoms. The summed E-state index contributed by atoms with van der Waals surface area (Å²) in [5.74, 6) is 1.00. The van der Waals surface area contributed by atoms with Crippen LogP contribution < -0.4 is 16.0 Å². The fraction of sp³-hybridized carbons (Fsp3) is 0.556. The predicted molar refractivity (Wildman–Crippen MR) is 99.8 cm³/mol. The first kappa shape index (κ1) is 18.1. The standard InChI is InChI=1S/C18H25N3O3S/c22-10-9-12-5-7-13(8-6-12)19-16(23)4-2-1-3-15-17-14(11-25-15)20-18(24)21-17/h5-8,14-15,17,22H,1-4,9-11H2,(H,19,23)(H2,20,21,24)/t14-,15-,17-/m0/s1. The van der Waals surface area contributed by atoms with E-state index in [0.717, 1.165) is 36.3 Å². The molecule has 0 aliphatic carbocycles. The summed E-state index contributed by atoms with van der Waals surface area (Å²) in [7, 11) is 0. The smallest absolute Gasteiger partial charge is 0.315 e. The highest BCUT2D eigenvalue weighted by Crippen LogP contribution is 2.33. The van der Waals surface area contributed by atoms with Crippen molar-refractivity contribution in [3.63, 3.8) is 0 Å². The number of aliphatic hydroxyl groups is 1. The van der Waals surface area contributed by atoms with E-state index in [1.807, 2.05) is 36.0 Å². The average molecular weight is 363 g/mol. The number of anilines is 1. The van der Waals surface area contributed by atoms with Gasteiger partial charge in [-0.15, -0.1) is 0 Å². The van der Waals surface area contributed by atoms with E-state index in [0.29, 0.717) is 18.1 Å². The molecule has 0 spiro atoms. The van der Waals surface area contributed by atoms with Crippen molar-refractivity contribution < 1.29 is 14.7 Å². The third-order valence-corrected chi connectivity index (χ3v) is 6.23. The minimum absolute atomic E-state index is 0.0303. The van der Waals surface area contributed by atoms with E-state index in [-0.39, 0.29) is 30.6 Å². The fourth-order valence-electron chi connectivity index (χ4n) is 3.38. The molecule has 2 heterocycles. The number of amides is 3. The first-order valence-electron chi connectivity index (χ1n) is 8.84. The van der Waals surface area contributed by atoms with Crippen molar-refractivity contribution in [2.75, 3.05) is 17.7 Å². The Kier molecular flexibility index (Phi) is 6.20. The number of hydrogen-bond donors (Lipinski definition) is 4. The molecule has 1 aromatic carbocycles. The summed E-state index contributed by atoms with van der Waals surface area (Å²) >= 11 is 1.91. The molecule has 0 saturated carbocycles. The van der Waals surface area contributed by atoms with Crippen molar-refractivity contribution >= 4 is 29.4 Å². The fourth-order valence-corrected chi connectivity index (χ4v) is 4.93. The van der Waals surface area contributed by atoms with Crippen LogP contribution in [0.15, 0.2) is 24.3 Å². The van der Waals surface area contributed by atoms with Crippen LogP contribution in [0.2, 0.25) is 0 Å². The molecule has 6 nitrogen and oxygen atoms in total. The Balaban J connectivity index is 1.33. The summed E-state index contributed by atoms with van der Waals surface area (Å²) in [6, 6.07) is 8.03. The van der Waals surface area contributed by atoms with Crippen LogP contribution >= 0.6 is 11.8 Å². The number of carbonyl (C=O) groups is 2. The Morgan fingerprint density at radius 3 is 2.80 bits per heavy atom. The van der Waals surface area contributed by atoms with E-state index in [9.17, 15) is 9.59 Å². The van der Waals surface area contributed by atoms with Crippen molar-refractivity contribution in [1.29, 1.82) is 0 Å². The van der Waals surface area contributed by atoms with Crippen LogP contribution in [0.5, 0.6) is 0 Å². The molecule has 7 heteroatoms. The second-order valence-corrected chi connectivity index (χ2v) is 7.86. The summed E-state index contributed by atoms with van der Waals surface area (Å²) in [5.41, 5.74) is 1.85. The number of rotatable bonds is 8. The summed E-state index contributed by atoms with van der Waals surface area (Å²) in [5, 5.41) is 18.2. The van der Waals surface area contributed by atoms with Crippen LogP contribution in [0.4, 0.5) is 10.5 Å². The maximum atomic E-state index is 12.0. The third kappa shape index (κ3) is 4.89. The molecule has 0 aromatic heterocycles. The van der Waals surface area contributed by atoms with Crippen LogP contribution in [0.25, 0.3) is 0 Å². The molecular formula is C18H25N3O3S. The molecule has 2 saturated heterocycles. The molecule has 4 N–H and O–H groups in total. The number of urea groups is 1. The third-order valence-electron chi connectivity index (χ3n) is 4.72. The van der Waals surface area contributed by atoms with Crippen molar-refractivity contribution in [3.05, 3.63) is 29.8 Å². The van der Waals surface area contributed by atoms with Crippen LogP contribution in [-0.2, 0) is 11.2 Å². The molecule has 1 aromatic rings. The van der Waals surface area contributed by atoms with Gasteiger partial charge in [0.2, 0.25) is 5.91 Å². The molecule has 3 amide bonds. The molecule has 2 aliphatic rings. The quantitative estimate of drug-likeness (QED) is 0.419. The number of fused-ring (bicyclic) bond motifs is 1. The van der Waals surface area contributed by atoms with E-state index in [1.165, 1.54) is 0 Å². The number of hydrogen-bond acceptors (Lipinski definition) is 4. The van der Waals surface area contributed by atoms with Gasteiger partial charge in [-0.1, -0.05) is 18.6 Å². The van der Waals surface area contributed by atoms with E-state index < -0.39 is 0 Å². The SMILES string of the molecule is O=C(CCCC[C@@H]1SC[C@@H]2NC(=O)N[C@@H]21)Nc1ccc(CCO)cc1. The van der Waals surface area contributed by atoms with Crippen LogP contribution in [0.3, 0.4) is 0 Å². The van der Waals surface area contributed by atoms with Gasteiger partial charge in [0.15, 0.2) is 0 Å². The van der Waals surface area contributed by atoms with Gasteiger partial charge < -0.3 is 21.1 Å². The number of nitrogens with one attached hydrogen (secondary N) is 3. The zero-order valence-electron chi connectivity index (χ0n) is 14.2. The Bertz CT molecular complexity index is 608. The number of benzene rings is 1. The van der Waals surface area contributed by atoms with E-state index >= 15 is 0 Å². The van der Waals surface area contributed by atoms with Gasteiger partial charge >= 0.3 is 6.03 Å². The van der Waals surface area contributed by atoms with Crippen LogP contribution in [0.1, 0.15) is 31.2 Å². The van der Waals surface area contributed by atoms with Crippen LogP contribution in [-0.4, -0.2) is 46.7 Å². The summed E-state index contributed by atoms with van der Waals surface area (Å²) in [4.78, 5) is 23.4. The lowest BCUT2D eigenvalue weighted by Crippen LogP contribution is -2.36. The summed E-state index contributed by atoms with van der Waals surface area (Å²) < 4.78 is 0. The Hall–Kier alpha value is -1.73. The van der Waals surface area contributed by atoms with Crippen molar-refractivity contribution in [3.8, 4) is 0 Å². The van der Waals surface area contributed by atoms with Crippen LogP contribution in [0, 0.1) is 0 Å². The van der Waals surface area contributed by atoms with Gasteiger partial charge in [0.1, 0.15) is 0 Å². The first-order valence-corrected chi connectivity index (χ1v) is 9.89. The normalized spacial score (nSPS) is 24.5. The minimum Gasteiger partial charge on any atom is -0.396 e. The number of thioether (sulfide) groups is 1. The van der Waals surface area contributed by atoms with E-state index in [2.05, 4.69) is 16.0 Å². The Labute approximate surface area is 152 Å². The van der Waals surface area contributed by atoms with Gasteiger partial charge in [-0.3, -0.25) is 4.79 Å². The van der Waals surface area contributed by atoms with Gasteiger partial charge in [-0.25, -0.2) is 4.79 Å². The second kappa shape index (κ2) is 8.58. The molecule has 2 aliphatic heterocycles. The maximum absolute atomic E-state index is 12.0. The molecule has 0 radical (unpaired) electrons. The zero-order valence-corrected chi connectivity index (χ0v) is 15.0. The summed E-state index contributed by atoms with van der Waals surface area (Å²) in [6.07, 6.45) is 4.00. The second-order valence-electron chi connectivity index (χ2n) is 6.59. The molecule has 3 atom stereocenters. The lowest BCUT2D eigenvalue weighted by atomic mass is 10.0. The van der Waals surface area contributed by atoms with Gasteiger partial charge in [0, 0.05) is 29.7 Å². The van der Waals surface area contributed by atoms with Crippen molar-refractivity contribution in [2.24, 2.45) is 0 Å². The highest BCUT2D eigenvalue weighted by Gasteiger charge is 2.42. The molecule has 136 valence electrons. The highest BCUT2D eigenvalue weighted by atomic mass is 32.2. The lowest BCUT2D eigenvalue weighted by molar-refractivity contribution is -0.116. The first-order chi connectivity index (χ1) is 12.2.